The molecule has 38 heavy (non-hydrogen) atoms. The minimum Gasteiger partial charge on any atom is -0.431 e. The highest BCUT2D eigenvalue weighted by molar-refractivity contribution is 9.10. The van der Waals surface area contributed by atoms with Crippen molar-refractivity contribution >= 4 is 58.1 Å². The maximum atomic E-state index is 12.7. The molecule has 4 rings (SSSR count). The SMILES string of the molecule is O=C(OC1CCOC(NS(=O)(=O)c2ccccc2Br)C1)OC1CCOC(NS(=O)(=O)c2ccccc2Br)C1. The molecule has 2 heterocycles. The van der Waals surface area contributed by atoms with E-state index in [-0.39, 0.29) is 35.8 Å². The summed E-state index contributed by atoms with van der Waals surface area (Å²) in [4.78, 5) is 12.6. The average molecular weight is 698 g/mol. The topological polar surface area (TPSA) is 146 Å². The quantitative estimate of drug-likeness (QED) is 0.395. The van der Waals surface area contributed by atoms with Gasteiger partial charge in [0.15, 0.2) is 0 Å². The Morgan fingerprint density at radius 2 is 1.13 bits per heavy atom. The van der Waals surface area contributed by atoms with E-state index in [1.807, 2.05) is 0 Å². The summed E-state index contributed by atoms with van der Waals surface area (Å²) < 4.78 is 78.6. The second-order valence-corrected chi connectivity index (χ2v) is 13.7. The molecule has 2 saturated heterocycles. The zero-order chi connectivity index (χ0) is 27.3. The van der Waals surface area contributed by atoms with Crippen molar-refractivity contribution in [3.05, 3.63) is 57.5 Å². The van der Waals surface area contributed by atoms with Gasteiger partial charge in [0.2, 0.25) is 20.0 Å². The smallest absolute Gasteiger partial charge is 0.431 e. The van der Waals surface area contributed by atoms with E-state index in [9.17, 15) is 21.6 Å². The van der Waals surface area contributed by atoms with Gasteiger partial charge in [0.1, 0.15) is 24.7 Å². The summed E-state index contributed by atoms with van der Waals surface area (Å²) in [5, 5.41) is 0. The fourth-order valence-electron chi connectivity index (χ4n) is 4.01. The number of sulfonamides is 2. The predicted molar refractivity (Wildman–Crippen MR) is 142 cm³/mol. The molecule has 2 aromatic rings. The summed E-state index contributed by atoms with van der Waals surface area (Å²) in [5.74, 6) is 0. The Balaban J connectivity index is 1.28. The highest BCUT2D eigenvalue weighted by Crippen LogP contribution is 2.25. The van der Waals surface area contributed by atoms with E-state index in [4.69, 9.17) is 18.9 Å². The van der Waals surface area contributed by atoms with Crippen molar-refractivity contribution in [3.8, 4) is 0 Å². The van der Waals surface area contributed by atoms with Crippen LogP contribution >= 0.6 is 31.9 Å². The van der Waals surface area contributed by atoms with Crippen molar-refractivity contribution in [2.75, 3.05) is 13.2 Å². The van der Waals surface area contributed by atoms with E-state index >= 15 is 0 Å². The number of hydrogen-bond acceptors (Lipinski definition) is 9. The molecule has 4 atom stereocenters. The number of nitrogens with one attached hydrogen (secondary N) is 2. The van der Waals surface area contributed by atoms with Crippen molar-refractivity contribution in [2.24, 2.45) is 0 Å². The first-order chi connectivity index (χ1) is 18.0. The van der Waals surface area contributed by atoms with Gasteiger partial charge in [-0.25, -0.2) is 21.6 Å². The number of carbonyl (C=O) groups excluding carboxylic acids is 1. The van der Waals surface area contributed by atoms with Gasteiger partial charge < -0.3 is 18.9 Å². The van der Waals surface area contributed by atoms with E-state index in [1.165, 1.54) is 12.1 Å². The Kier molecular flexibility index (Phi) is 9.84. The first-order valence-corrected chi connectivity index (χ1v) is 16.2. The second-order valence-electron chi connectivity index (χ2n) is 8.60. The molecule has 0 aliphatic carbocycles. The summed E-state index contributed by atoms with van der Waals surface area (Å²) >= 11 is 6.46. The third-order valence-corrected chi connectivity index (χ3v) is 10.7. The Morgan fingerprint density at radius 1 is 0.737 bits per heavy atom. The van der Waals surface area contributed by atoms with Crippen molar-refractivity contribution < 1.29 is 40.6 Å². The monoisotopic (exact) mass is 696 g/mol. The number of carbonyl (C=O) groups is 1. The first kappa shape index (κ1) is 29.4. The molecular weight excluding hydrogens is 672 g/mol. The molecule has 0 amide bonds. The lowest BCUT2D eigenvalue weighted by molar-refractivity contribution is -0.0928. The molecule has 0 aromatic heterocycles. The molecule has 15 heteroatoms. The second kappa shape index (κ2) is 12.7. The highest BCUT2D eigenvalue weighted by atomic mass is 79.9. The molecule has 2 aliphatic rings. The van der Waals surface area contributed by atoms with Crippen LogP contribution in [0.3, 0.4) is 0 Å². The van der Waals surface area contributed by atoms with Crippen LogP contribution in [-0.4, -0.2) is 60.9 Å². The summed E-state index contributed by atoms with van der Waals surface area (Å²) in [6.45, 7) is 0.356. The van der Waals surface area contributed by atoms with Crippen molar-refractivity contribution in [2.45, 2.75) is 60.1 Å². The van der Waals surface area contributed by atoms with E-state index in [2.05, 4.69) is 41.3 Å². The molecule has 208 valence electrons. The summed E-state index contributed by atoms with van der Waals surface area (Å²) in [6, 6.07) is 12.8. The highest BCUT2D eigenvalue weighted by Gasteiger charge is 2.33. The fourth-order valence-corrected chi connectivity index (χ4v) is 8.30. The van der Waals surface area contributed by atoms with Crippen LogP contribution in [0.15, 0.2) is 67.3 Å². The van der Waals surface area contributed by atoms with Gasteiger partial charge in [-0.15, -0.1) is 0 Å². The normalized spacial score (nSPS) is 24.5. The Labute approximate surface area is 237 Å². The standard InChI is InChI=1S/C23H26Br2N2O9S2/c24-17-5-1-3-7-19(17)37(29,30)26-21-13-15(9-11-33-21)35-23(28)36-16-10-12-34-22(14-16)27-38(31,32)20-8-4-2-6-18(20)25/h1-8,15-16,21-22,26-27H,9-14H2. The van der Waals surface area contributed by atoms with Crippen molar-refractivity contribution in [1.29, 1.82) is 0 Å². The zero-order valence-corrected chi connectivity index (χ0v) is 24.7. The molecule has 2 aliphatic heterocycles. The van der Waals surface area contributed by atoms with Gasteiger partial charge in [-0.2, -0.15) is 9.44 Å². The number of rotatable bonds is 8. The number of hydrogen-bond donors (Lipinski definition) is 2. The van der Waals surface area contributed by atoms with Crippen LogP contribution in [0.25, 0.3) is 0 Å². The van der Waals surface area contributed by atoms with Crippen LogP contribution < -0.4 is 9.44 Å². The Hall–Kier alpha value is -1.59. The minimum absolute atomic E-state index is 0.0652. The molecule has 0 saturated carbocycles. The van der Waals surface area contributed by atoms with Crippen LogP contribution in [0.1, 0.15) is 25.7 Å². The summed E-state index contributed by atoms with van der Waals surface area (Å²) in [7, 11) is -7.75. The minimum atomic E-state index is -3.88. The van der Waals surface area contributed by atoms with Gasteiger partial charge in [0.05, 0.1) is 23.0 Å². The summed E-state index contributed by atoms with van der Waals surface area (Å²) in [6.07, 6.45) is -3.04. The third-order valence-electron chi connectivity index (χ3n) is 5.82. The van der Waals surface area contributed by atoms with Gasteiger partial charge in [0.25, 0.3) is 0 Å². The van der Waals surface area contributed by atoms with Gasteiger partial charge in [-0.05, 0) is 56.1 Å². The molecule has 0 radical (unpaired) electrons. The van der Waals surface area contributed by atoms with E-state index in [0.717, 1.165) is 0 Å². The Bertz CT molecular complexity index is 1260. The molecular formula is C23H26Br2N2O9S2. The molecule has 0 bridgehead atoms. The fraction of sp³-hybridized carbons (Fsp3) is 0.435. The average Bonchev–Trinajstić information content (AvgIpc) is 2.84. The lowest BCUT2D eigenvalue weighted by Gasteiger charge is -2.31. The predicted octanol–water partition coefficient (Wildman–Crippen LogP) is 3.63. The van der Waals surface area contributed by atoms with Crippen molar-refractivity contribution in [1.82, 2.24) is 9.44 Å². The van der Waals surface area contributed by atoms with Gasteiger partial charge in [0, 0.05) is 34.6 Å². The Morgan fingerprint density at radius 3 is 1.53 bits per heavy atom. The van der Waals surface area contributed by atoms with Crippen LogP contribution in [0, 0.1) is 0 Å². The van der Waals surface area contributed by atoms with Crippen LogP contribution in [0.4, 0.5) is 4.79 Å². The van der Waals surface area contributed by atoms with Crippen LogP contribution in [0.5, 0.6) is 0 Å². The molecule has 11 nitrogen and oxygen atoms in total. The van der Waals surface area contributed by atoms with Crippen molar-refractivity contribution in [3.63, 3.8) is 0 Å². The molecule has 4 unspecified atom stereocenters. The summed E-state index contributed by atoms with van der Waals surface area (Å²) in [5.41, 5.74) is 0. The first-order valence-electron chi connectivity index (χ1n) is 11.7. The number of ether oxygens (including phenoxy) is 4. The molecule has 0 spiro atoms. The maximum Gasteiger partial charge on any atom is 0.508 e. The molecule has 2 aromatic carbocycles. The van der Waals surface area contributed by atoms with Gasteiger partial charge >= 0.3 is 6.16 Å². The zero-order valence-electron chi connectivity index (χ0n) is 19.9. The van der Waals surface area contributed by atoms with Gasteiger partial charge in [-0.1, -0.05) is 24.3 Å². The largest absolute Gasteiger partial charge is 0.508 e. The van der Waals surface area contributed by atoms with E-state index < -0.39 is 50.9 Å². The molecule has 2 fully saturated rings. The van der Waals surface area contributed by atoms with Crippen LogP contribution in [-0.2, 0) is 39.0 Å². The van der Waals surface area contributed by atoms with E-state index in [0.29, 0.717) is 21.8 Å². The lowest BCUT2D eigenvalue weighted by Crippen LogP contribution is -2.45. The van der Waals surface area contributed by atoms with Crippen LogP contribution in [0.2, 0.25) is 0 Å². The lowest BCUT2D eigenvalue weighted by atomic mass is 10.1. The number of halogens is 2. The van der Waals surface area contributed by atoms with E-state index in [1.54, 1.807) is 36.4 Å². The third kappa shape index (κ3) is 7.75. The number of benzene rings is 2. The van der Waals surface area contributed by atoms with Gasteiger partial charge in [-0.3, -0.25) is 0 Å². The molecule has 2 N–H and O–H groups in total. The maximum absolute atomic E-state index is 12.7.